The first-order chi connectivity index (χ1) is 24.3. The van der Waals surface area contributed by atoms with Gasteiger partial charge in [0, 0.05) is 25.8 Å². The zero-order valence-corrected chi connectivity index (χ0v) is 34.0. The summed E-state index contributed by atoms with van der Waals surface area (Å²) < 4.78 is 18.1. The summed E-state index contributed by atoms with van der Waals surface area (Å²) in [6.45, 7) is 9.44. The fourth-order valence-corrected chi connectivity index (χ4v) is 6.48. The van der Waals surface area contributed by atoms with E-state index in [-0.39, 0.29) is 30.4 Å². The Hall–Kier alpha value is -1.63. The number of esters is 3. The van der Waals surface area contributed by atoms with E-state index in [1.165, 1.54) is 89.9 Å². The van der Waals surface area contributed by atoms with Crippen LogP contribution in [0.1, 0.15) is 214 Å². The van der Waals surface area contributed by atoms with Gasteiger partial charge >= 0.3 is 17.9 Å². The summed E-state index contributed by atoms with van der Waals surface area (Å²) in [6, 6.07) is 0. The molecule has 7 nitrogen and oxygen atoms in total. The van der Waals surface area contributed by atoms with Crippen molar-refractivity contribution >= 4 is 17.9 Å². The van der Waals surface area contributed by atoms with Crippen molar-refractivity contribution in [3.8, 4) is 0 Å². The molecule has 296 valence electrons. The van der Waals surface area contributed by atoms with Gasteiger partial charge in [0.2, 0.25) is 0 Å². The van der Waals surface area contributed by atoms with Crippen LogP contribution in [0.4, 0.5) is 0 Å². The molecule has 0 aromatic rings. The van der Waals surface area contributed by atoms with Crippen LogP contribution in [0, 0.1) is 5.92 Å². The third kappa shape index (κ3) is 30.0. The molecule has 0 aromatic heterocycles. The zero-order valence-electron chi connectivity index (χ0n) is 34.0. The Morgan fingerprint density at radius 2 is 0.820 bits per heavy atom. The van der Waals surface area contributed by atoms with Crippen LogP contribution in [0.25, 0.3) is 0 Å². The lowest BCUT2D eigenvalue weighted by atomic mass is 9.94. The lowest BCUT2D eigenvalue weighted by molar-refractivity contribution is -0.178. The van der Waals surface area contributed by atoms with Gasteiger partial charge in [-0.3, -0.25) is 14.4 Å². The van der Waals surface area contributed by atoms with Crippen molar-refractivity contribution in [2.75, 3.05) is 27.2 Å². The first-order valence-electron chi connectivity index (χ1n) is 21.5. The van der Waals surface area contributed by atoms with Crippen LogP contribution in [0.3, 0.4) is 0 Å². The van der Waals surface area contributed by atoms with Gasteiger partial charge in [0.25, 0.3) is 0 Å². The highest BCUT2D eigenvalue weighted by molar-refractivity contribution is 5.73. The molecule has 0 saturated heterocycles. The molecule has 0 N–H and O–H groups in total. The average Bonchev–Trinajstić information content (AvgIpc) is 3.09. The second-order valence-electron chi connectivity index (χ2n) is 15.1. The Morgan fingerprint density at radius 3 is 1.22 bits per heavy atom. The summed E-state index contributed by atoms with van der Waals surface area (Å²) in [5.74, 6) is -0.924. The Kier molecular flexibility index (Phi) is 34.6. The Balaban J connectivity index is 5.58. The number of carbonyl (C=O) groups excluding carboxylic acids is 3. The van der Waals surface area contributed by atoms with E-state index in [0.717, 1.165) is 77.0 Å². The third-order valence-corrected chi connectivity index (χ3v) is 9.85. The van der Waals surface area contributed by atoms with Crippen molar-refractivity contribution in [1.82, 2.24) is 4.90 Å². The van der Waals surface area contributed by atoms with E-state index in [0.29, 0.717) is 25.8 Å². The lowest BCUT2D eigenvalue weighted by Gasteiger charge is -2.28. The predicted molar refractivity (Wildman–Crippen MR) is 209 cm³/mol. The van der Waals surface area contributed by atoms with Crippen LogP contribution in [0.2, 0.25) is 0 Å². The van der Waals surface area contributed by atoms with Gasteiger partial charge in [0.1, 0.15) is 12.7 Å². The molecule has 0 aliphatic heterocycles. The van der Waals surface area contributed by atoms with E-state index in [1.807, 2.05) is 19.0 Å². The maximum atomic E-state index is 13.6. The average molecular weight is 710 g/mol. The normalized spacial score (nSPS) is 12.7. The largest absolute Gasteiger partial charge is 0.461 e. The van der Waals surface area contributed by atoms with Crippen LogP contribution in [-0.2, 0) is 28.6 Å². The SMILES string of the molecule is CCCCCCCCCC(=O)OC(CCN(C)C)C(COC(=O)C(CCCCCCC)CCCCCCC)OC(=O)CCCCCCCCC. The molecule has 0 fully saturated rings. The number of unbranched alkanes of at least 4 members (excludes halogenated alkanes) is 20. The molecule has 0 amide bonds. The summed E-state index contributed by atoms with van der Waals surface area (Å²) in [5.41, 5.74) is 0. The van der Waals surface area contributed by atoms with Crippen LogP contribution >= 0.6 is 0 Å². The number of nitrogens with zero attached hydrogens (tertiary/aromatic N) is 1. The van der Waals surface area contributed by atoms with E-state index in [1.54, 1.807) is 0 Å². The summed E-state index contributed by atoms with van der Waals surface area (Å²) in [4.78, 5) is 41.9. The maximum Gasteiger partial charge on any atom is 0.309 e. The van der Waals surface area contributed by atoms with E-state index in [9.17, 15) is 14.4 Å². The van der Waals surface area contributed by atoms with Crippen LogP contribution in [-0.4, -0.2) is 62.3 Å². The Morgan fingerprint density at radius 1 is 0.460 bits per heavy atom. The number of hydrogen-bond donors (Lipinski definition) is 0. The molecule has 0 aromatic carbocycles. The highest BCUT2D eigenvalue weighted by Crippen LogP contribution is 2.22. The second kappa shape index (κ2) is 35.8. The van der Waals surface area contributed by atoms with Crippen molar-refractivity contribution in [2.45, 2.75) is 226 Å². The number of rotatable bonds is 37. The van der Waals surface area contributed by atoms with E-state index in [4.69, 9.17) is 14.2 Å². The molecule has 0 spiro atoms. The molecule has 2 atom stereocenters. The fourth-order valence-electron chi connectivity index (χ4n) is 6.48. The highest BCUT2D eigenvalue weighted by Gasteiger charge is 2.31. The van der Waals surface area contributed by atoms with Crippen molar-refractivity contribution < 1.29 is 28.6 Å². The molecule has 2 unspecified atom stereocenters. The molecule has 0 rings (SSSR count). The summed E-state index contributed by atoms with van der Waals surface area (Å²) in [6.07, 6.45) is 28.6. The second-order valence-corrected chi connectivity index (χ2v) is 15.1. The van der Waals surface area contributed by atoms with E-state index < -0.39 is 12.2 Å². The molecule has 0 bridgehead atoms. The van der Waals surface area contributed by atoms with Crippen molar-refractivity contribution in [1.29, 1.82) is 0 Å². The van der Waals surface area contributed by atoms with Gasteiger partial charge in [-0.25, -0.2) is 0 Å². The quantitative estimate of drug-likeness (QED) is 0.0361. The minimum atomic E-state index is -0.816. The highest BCUT2D eigenvalue weighted by atomic mass is 16.6. The summed E-state index contributed by atoms with van der Waals surface area (Å²) in [7, 11) is 3.95. The monoisotopic (exact) mass is 710 g/mol. The number of carbonyl (C=O) groups is 3. The van der Waals surface area contributed by atoms with Gasteiger partial charge in [-0.15, -0.1) is 0 Å². The molecular formula is C43H83NO6. The number of hydrogen-bond acceptors (Lipinski definition) is 7. The third-order valence-electron chi connectivity index (χ3n) is 9.85. The lowest BCUT2D eigenvalue weighted by Crippen LogP contribution is -2.41. The Labute approximate surface area is 310 Å². The van der Waals surface area contributed by atoms with Crippen molar-refractivity contribution in [3.05, 3.63) is 0 Å². The Bertz CT molecular complexity index is 773. The molecule has 0 heterocycles. The summed E-state index contributed by atoms with van der Waals surface area (Å²) >= 11 is 0. The number of ether oxygens (including phenoxy) is 3. The van der Waals surface area contributed by atoms with Gasteiger partial charge < -0.3 is 19.1 Å². The molecule has 0 saturated carbocycles. The predicted octanol–water partition coefficient (Wildman–Crippen LogP) is 11.9. The van der Waals surface area contributed by atoms with E-state index in [2.05, 4.69) is 27.7 Å². The van der Waals surface area contributed by atoms with Crippen LogP contribution < -0.4 is 0 Å². The first-order valence-corrected chi connectivity index (χ1v) is 21.5. The van der Waals surface area contributed by atoms with Gasteiger partial charge in [0.15, 0.2) is 6.10 Å². The van der Waals surface area contributed by atoms with Crippen LogP contribution in [0.15, 0.2) is 0 Å². The standard InChI is InChI=1S/C43H83NO6/c1-7-11-15-19-21-25-29-33-41(45)49-39(35-36-44(5)6)40(50-42(46)34-30-26-22-20-16-12-8-2)37-48-43(47)38(31-27-23-17-13-9-3)32-28-24-18-14-10-4/h38-40H,7-37H2,1-6H3. The maximum absolute atomic E-state index is 13.6. The molecule has 0 radical (unpaired) electrons. The molecule has 7 heteroatoms. The van der Waals surface area contributed by atoms with Gasteiger partial charge in [-0.1, -0.05) is 169 Å². The minimum absolute atomic E-state index is 0.0768. The fraction of sp³-hybridized carbons (Fsp3) is 0.930. The molecule has 50 heavy (non-hydrogen) atoms. The smallest absolute Gasteiger partial charge is 0.309 e. The van der Waals surface area contributed by atoms with Crippen molar-refractivity contribution in [2.24, 2.45) is 5.92 Å². The van der Waals surface area contributed by atoms with Crippen molar-refractivity contribution in [3.63, 3.8) is 0 Å². The molecule has 0 aliphatic rings. The van der Waals surface area contributed by atoms with E-state index >= 15 is 0 Å². The van der Waals surface area contributed by atoms with Gasteiger partial charge in [-0.2, -0.15) is 0 Å². The molecular weight excluding hydrogens is 626 g/mol. The van der Waals surface area contributed by atoms with Crippen LogP contribution in [0.5, 0.6) is 0 Å². The topological polar surface area (TPSA) is 82.1 Å². The minimum Gasteiger partial charge on any atom is -0.461 e. The zero-order chi connectivity index (χ0) is 37.1. The first kappa shape index (κ1) is 48.4. The van der Waals surface area contributed by atoms with Gasteiger partial charge in [0.05, 0.1) is 5.92 Å². The summed E-state index contributed by atoms with van der Waals surface area (Å²) in [5, 5.41) is 0. The van der Waals surface area contributed by atoms with Gasteiger partial charge in [-0.05, 0) is 39.8 Å². The molecule has 0 aliphatic carbocycles.